The first kappa shape index (κ1) is 23.7. The molecule has 3 heterocycles. The molecule has 1 atom stereocenters. The highest BCUT2D eigenvalue weighted by atomic mass is 19.1. The Labute approximate surface area is 221 Å². The average Bonchev–Trinajstić information content (AvgIpc) is 3.50. The number of hydrogen-bond acceptors (Lipinski definition) is 2. The van der Waals surface area contributed by atoms with E-state index in [-0.39, 0.29) is 11.8 Å². The van der Waals surface area contributed by atoms with Gasteiger partial charge < -0.3 is 14.8 Å². The third kappa shape index (κ3) is 4.16. The highest BCUT2D eigenvalue weighted by molar-refractivity contribution is 5.90. The molecule has 7 heteroatoms. The summed E-state index contributed by atoms with van der Waals surface area (Å²) in [5, 5.41) is 7.97. The fourth-order valence-corrected chi connectivity index (χ4v) is 5.16. The Morgan fingerprint density at radius 3 is 2.42 bits per heavy atom. The van der Waals surface area contributed by atoms with Gasteiger partial charge in [0.2, 0.25) is 0 Å². The lowest BCUT2D eigenvalue weighted by molar-refractivity contribution is 0.194. The van der Waals surface area contributed by atoms with Gasteiger partial charge in [0.05, 0.1) is 29.7 Å². The number of fused-ring (bicyclic) bond motifs is 3. The van der Waals surface area contributed by atoms with Crippen molar-refractivity contribution in [1.29, 1.82) is 0 Å². The van der Waals surface area contributed by atoms with Gasteiger partial charge in [0.25, 0.3) is 0 Å². The molecule has 0 bridgehead atoms. The van der Waals surface area contributed by atoms with Crippen molar-refractivity contribution < 1.29 is 9.18 Å². The SMILES string of the molecule is CCc1ccc(NC(=O)N2Cc3c(C)nn(-c4ccccc4)c3-n3cccc3[C@@H]2c2ccc(F)cc2)cc1. The lowest BCUT2D eigenvalue weighted by Gasteiger charge is -2.31. The van der Waals surface area contributed by atoms with Gasteiger partial charge in [-0.15, -0.1) is 0 Å². The minimum atomic E-state index is -0.448. The van der Waals surface area contributed by atoms with Gasteiger partial charge in [-0.2, -0.15) is 5.10 Å². The van der Waals surface area contributed by atoms with Crippen LogP contribution in [0.15, 0.2) is 97.2 Å². The minimum absolute atomic E-state index is 0.240. The Hall–Kier alpha value is -4.65. The number of aromatic nitrogens is 3. The average molecular weight is 506 g/mol. The summed E-state index contributed by atoms with van der Waals surface area (Å²) in [6, 6.07) is 27.5. The monoisotopic (exact) mass is 505 g/mol. The van der Waals surface area contributed by atoms with Gasteiger partial charge >= 0.3 is 6.03 Å². The van der Waals surface area contributed by atoms with Gasteiger partial charge in [-0.25, -0.2) is 13.9 Å². The molecule has 2 amide bonds. The summed E-state index contributed by atoms with van der Waals surface area (Å²) in [4.78, 5) is 15.8. The van der Waals surface area contributed by atoms with Crippen molar-refractivity contribution in [3.63, 3.8) is 0 Å². The van der Waals surface area contributed by atoms with Crippen LogP contribution in [0.5, 0.6) is 0 Å². The molecular formula is C31H28FN5O. The molecule has 6 rings (SSSR count). The van der Waals surface area contributed by atoms with E-state index < -0.39 is 6.04 Å². The number of urea groups is 1. The van der Waals surface area contributed by atoms with Crippen LogP contribution in [0.2, 0.25) is 0 Å². The maximum Gasteiger partial charge on any atom is 0.322 e. The number of halogens is 1. The Morgan fingerprint density at radius 1 is 0.974 bits per heavy atom. The molecule has 0 spiro atoms. The standard InChI is InChI=1S/C31H28FN5O/c1-3-22-11-17-25(18-12-22)33-31(38)36-20-27-21(2)34-37(26-8-5-4-6-9-26)30(27)35-19-7-10-28(35)29(36)23-13-15-24(32)16-14-23/h4-19,29H,3,20H2,1-2H3,(H,33,38)/t29-/m0/s1. The molecule has 3 aromatic carbocycles. The van der Waals surface area contributed by atoms with E-state index in [0.29, 0.717) is 6.54 Å². The molecule has 1 N–H and O–H groups in total. The molecule has 5 aromatic rings. The number of carbonyl (C=O) groups excluding carboxylic acids is 1. The van der Waals surface area contributed by atoms with E-state index in [0.717, 1.165) is 46.1 Å². The summed E-state index contributed by atoms with van der Waals surface area (Å²) in [6.07, 6.45) is 2.92. The maximum atomic E-state index is 14.0. The Morgan fingerprint density at radius 2 is 1.71 bits per heavy atom. The van der Waals surface area contributed by atoms with Crippen molar-refractivity contribution >= 4 is 11.7 Å². The van der Waals surface area contributed by atoms with E-state index in [2.05, 4.69) is 16.8 Å². The van der Waals surface area contributed by atoms with Crippen LogP contribution in [0.1, 0.15) is 41.0 Å². The van der Waals surface area contributed by atoms with Crippen LogP contribution in [0.3, 0.4) is 0 Å². The molecule has 0 radical (unpaired) electrons. The summed E-state index contributed by atoms with van der Waals surface area (Å²) in [5.74, 6) is 0.576. The second kappa shape index (κ2) is 9.67. The molecule has 0 unspecified atom stereocenters. The Kier molecular flexibility index (Phi) is 6.04. The number of hydrogen-bond donors (Lipinski definition) is 1. The van der Waals surface area contributed by atoms with Crippen LogP contribution >= 0.6 is 0 Å². The molecule has 1 aliphatic rings. The first-order chi connectivity index (χ1) is 18.5. The van der Waals surface area contributed by atoms with Crippen molar-refractivity contribution in [2.75, 3.05) is 5.32 Å². The molecule has 0 aliphatic carbocycles. The molecule has 190 valence electrons. The fourth-order valence-electron chi connectivity index (χ4n) is 5.16. The van der Waals surface area contributed by atoms with Crippen LogP contribution in [0, 0.1) is 12.7 Å². The number of nitrogens with zero attached hydrogens (tertiary/aromatic N) is 4. The lowest BCUT2D eigenvalue weighted by Crippen LogP contribution is -2.38. The third-order valence-electron chi connectivity index (χ3n) is 7.15. The summed E-state index contributed by atoms with van der Waals surface area (Å²) < 4.78 is 18.0. The van der Waals surface area contributed by atoms with Gasteiger partial charge in [-0.05, 0) is 73.0 Å². The van der Waals surface area contributed by atoms with Gasteiger partial charge in [0.15, 0.2) is 0 Å². The summed E-state index contributed by atoms with van der Waals surface area (Å²) in [6.45, 7) is 4.40. The van der Waals surface area contributed by atoms with Gasteiger partial charge in [0, 0.05) is 17.4 Å². The number of anilines is 1. The molecule has 0 saturated carbocycles. The van der Waals surface area contributed by atoms with Gasteiger partial charge in [-0.1, -0.05) is 49.4 Å². The predicted molar refractivity (Wildman–Crippen MR) is 146 cm³/mol. The summed E-state index contributed by atoms with van der Waals surface area (Å²) >= 11 is 0. The highest BCUT2D eigenvalue weighted by Gasteiger charge is 2.36. The van der Waals surface area contributed by atoms with Crippen molar-refractivity contribution in [1.82, 2.24) is 19.2 Å². The topological polar surface area (TPSA) is 55.1 Å². The largest absolute Gasteiger partial charge is 0.322 e. The van der Waals surface area contributed by atoms with Crippen molar-refractivity contribution in [3.05, 3.63) is 131 Å². The zero-order chi connectivity index (χ0) is 26.2. The number of benzene rings is 3. The first-order valence-corrected chi connectivity index (χ1v) is 12.8. The molecular weight excluding hydrogens is 477 g/mol. The number of carbonyl (C=O) groups is 1. The summed E-state index contributed by atoms with van der Waals surface area (Å²) in [5.41, 5.74) is 6.37. The highest BCUT2D eigenvalue weighted by Crippen LogP contribution is 2.38. The van der Waals surface area contributed by atoms with E-state index >= 15 is 0 Å². The van der Waals surface area contributed by atoms with Crippen LogP contribution < -0.4 is 5.32 Å². The quantitative estimate of drug-likeness (QED) is 0.292. The van der Waals surface area contributed by atoms with Crippen LogP contribution in [0.25, 0.3) is 11.5 Å². The summed E-state index contributed by atoms with van der Waals surface area (Å²) in [7, 11) is 0. The molecule has 1 aliphatic heterocycles. The molecule has 0 fully saturated rings. The fraction of sp³-hybridized carbons (Fsp3) is 0.161. The second-order valence-corrected chi connectivity index (χ2v) is 9.50. The Bertz CT molecular complexity index is 1590. The molecule has 0 saturated heterocycles. The zero-order valence-electron chi connectivity index (χ0n) is 21.3. The molecule has 38 heavy (non-hydrogen) atoms. The number of aryl methyl sites for hydroxylation is 2. The van der Waals surface area contributed by atoms with Crippen molar-refractivity contribution in [2.45, 2.75) is 32.9 Å². The van der Waals surface area contributed by atoms with Crippen molar-refractivity contribution in [3.8, 4) is 11.5 Å². The van der Waals surface area contributed by atoms with Gasteiger partial charge in [0.1, 0.15) is 11.6 Å². The Balaban J connectivity index is 1.50. The number of rotatable bonds is 4. The van der Waals surface area contributed by atoms with Crippen LogP contribution in [0.4, 0.5) is 14.9 Å². The normalized spacial score (nSPS) is 14.5. The number of para-hydroxylation sites is 1. The smallest absolute Gasteiger partial charge is 0.308 e. The maximum absolute atomic E-state index is 14.0. The van der Waals surface area contributed by atoms with Gasteiger partial charge in [-0.3, -0.25) is 0 Å². The van der Waals surface area contributed by atoms with E-state index in [4.69, 9.17) is 5.10 Å². The molecule has 6 nitrogen and oxygen atoms in total. The predicted octanol–water partition coefficient (Wildman–Crippen LogP) is 6.81. The van der Waals surface area contributed by atoms with E-state index in [1.807, 2.05) is 89.4 Å². The number of nitrogens with one attached hydrogen (secondary N) is 1. The first-order valence-electron chi connectivity index (χ1n) is 12.8. The van der Waals surface area contributed by atoms with E-state index in [1.54, 1.807) is 12.1 Å². The number of amides is 2. The lowest BCUT2D eigenvalue weighted by atomic mass is 10.0. The second-order valence-electron chi connectivity index (χ2n) is 9.50. The zero-order valence-corrected chi connectivity index (χ0v) is 21.3. The van der Waals surface area contributed by atoms with Crippen LogP contribution in [-0.4, -0.2) is 25.3 Å². The third-order valence-corrected chi connectivity index (χ3v) is 7.15. The van der Waals surface area contributed by atoms with Crippen molar-refractivity contribution in [2.24, 2.45) is 0 Å². The molecule has 2 aromatic heterocycles. The van der Waals surface area contributed by atoms with Crippen LogP contribution in [-0.2, 0) is 13.0 Å². The van der Waals surface area contributed by atoms with E-state index in [1.165, 1.54) is 17.7 Å². The van der Waals surface area contributed by atoms with E-state index in [9.17, 15) is 9.18 Å². The minimum Gasteiger partial charge on any atom is -0.308 e.